The van der Waals surface area contributed by atoms with Crippen LogP contribution in [0.25, 0.3) is 10.9 Å². The third-order valence-electron chi connectivity index (χ3n) is 2.62. The Labute approximate surface area is 95.5 Å². The molecule has 3 nitrogen and oxygen atoms in total. The highest BCUT2D eigenvalue weighted by Gasteiger charge is 1.99. The smallest absolute Gasteiger partial charge is 0.137 e. The Morgan fingerprint density at radius 1 is 1.31 bits per heavy atom. The predicted molar refractivity (Wildman–Crippen MR) is 65.9 cm³/mol. The number of hydrogen-bond donors (Lipinski definition) is 1. The third kappa shape index (κ3) is 2.31. The SMILES string of the molecule is CNCCc1ccc2cc(OC)cnc2c1. The molecule has 0 bridgehead atoms. The number of aromatic nitrogens is 1. The second kappa shape index (κ2) is 4.94. The average Bonchev–Trinajstić information content (AvgIpc) is 2.35. The molecule has 0 fully saturated rings. The predicted octanol–water partition coefficient (Wildman–Crippen LogP) is 2.01. The number of ether oxygens (including phenoxy) is 1. The summed E-state index contributed by atoms with van der Waals surface area (Å²) in [6, 6.07) is 8.37. The fraction of sp³-hybridized carbons (Fsp3) is 0.308. The van der Waals surface area contributed by atoms with Gasteiger partial charge in [0.1, 0.15) is 5.75 Å². The number of methoxy groups -OCH3 is 1. The van der Waals surface area contributed by atoms with E-state index in [1.165, 1.54) is 5.56 Å². The highest BCUT2D eigenvalue weighted by molar-refractivity contribution is 5.80. The normalized spacial score (nSPS) is 10.6. The van der Waals surface area contributed by atoms with Crippen LogP contribution in [-0.4, -0.2) is 25.7 Å². The minimum atomic E-state index is 0.801. The van der Waals surface area contributed by atoms with E-state index >= 15 is 0 Å². The molecule has 0 aliphatic heterocycles. The summed E-state index contributed by atoms with van der Waals surface area (Å²) in [5.41, 5.74) is 2.33. The minimum Gasteiger partial charge on any atom is -0.495 e. The van der Waals surface area contributed by atoms with Gasteiger partial charge in [0.2, 0.25) is 0 Å². The van der Waals surface area contributed by atoms with Gasteiger partial charge >= 0.3 is 0 Å². The Kier molecular flexibility index (Phi) is 3.37. The number of nitrogens with one attached hydrogen (secondary N) is 1. The van der Waals surface area contributed by atoms with Crippen LogP contribution in [0.1, 0.15) is 5.56 Å². The molecule has 0 saturated carbocycles. The largest absolute Gasteiger partial charge is 0.495 e. The highest BCUT2D eigenvalue weighted by atomic mass is 16.5. The molecule has 0 unspecified atom stereocenters. The standard InChI is InChI=1S/C13H16N2O/c1-14-6-5-10-3-4-11-8-12(16-2)9-15-13(11)7-10/h3-4,7-9,14H,5-6H2,1-2H3. The van der Waals surface area contributed by atoms with Gasteiger partial charge in [-0.05, 0) is 37.7 Å². The molecule has 1 aromatic carbocycles. The number of likely N-dealkylation sites (N-methyl/N-ethyl adjacent to an activating group) is 1. The molecule has 0 amide bonds. The first kappa shape index (κ1) is 10.9. The van der Waals surface area contributed by atoms with Gasteiger partial charge < -0.3 is 10.1 Å². The molecule has 0 saturated heterocycles. The maximum absolute atomic E-state index is 5.14. The lowest BCUT2D eigenvalue weighted by molar-refractivity contribution is 0.414. The van der Waals surface area contributed by atoms with Crippen molar-refractivity contribution in [3.05, 3.63) is 36.0 Å². The molecule has 3 heteroatoms. The number of fused-ring (bicyclic) bond motifs is 1. The summed E-state index contributed by atoms with van der Waals surface area (Å²) in [6.45, 7) is 0.988. The van der Waals surface area contributed by atoms with Gasteiger partial charge in [0, 0.05) is 5.39 Å². The van der Waals surface area contributed by atoms with Crippen molar-refractivity contribution in [2.24, 2.45) is 0 Å². The molecule has 16 heavy (non-hydrogen) atoms. The van der Waals surface area contributed by atoms with Gasteiger partial charge in [0.15, 0.2) is 0 Å². The first-order chi connectivity index (χ1) is 7.83. The van der Waals surface area contributed by atoms with Gasteiger partial charge in [-0.25, -0.2) is 0 Å². The summed E-state index contributed by atoms with van der Waals surface area (Å²) in [7, 11) is 3.62. The summed E-state index contributed by atoms with van der Waals surface area (Å²) in [5.74, 6) is 0.801. The van der Waals surface area contributed by atoms with Crippen LogP contribution in [0.15, 0.2) is 30.5 Å². The summed E-state index contributed by atoms with van der Waals surface area (Å²) in [5, 5.41) is 4.26. The van der Waals surface area contributed by atoms with Gasteiger partial charge in [0.05, 0.1) is 18.8 Å². The lowest BCUT2D eigenvalue weighted by Crippen LogP contribution is -2.10. The second-order valence-electron chi connectivity index (χ2n) is 3.76. The van der Waals surface area contributed by atoms with E-state index in [0.29, 0.717) is 0 Å². The zero-order chi connectivity index (χ0) is 11.4. The van der Waals surface area contributed by atoms with Crippen LogP contribution in [0.5, 0.6) is 5.75 Å². The van der Waals surface area contributed by atoms with Crippen LogP contribution in [0, 0.1) is 0 Å². The van der Waals surface area contributed by atoms with Crippen molar-refractivity contribution in [1.29, 1.82) is 0 Å². The number of hydrogen-bond acceptors (Lipinski definition) is 3. The first-order valence-electron chi connectivity index (χ1n) is 5.41. The van der Waals surface area contributed by atoms with E-state index in [0.717, 1.165) is 29.6 Å². The Morgan fingerprint density at radius 3 is 2.94 bits per heavy atom. The molecule has 0 spiro atoms. The zero-order valence-electron chi connectivity index (χ0n) is 9.66. The molecule has 0 aliphatic rings. The van der Waals surface area contributed by atoms with E-state index in [2.05, 4.69) is 28.5 Å². The van der Waals surface area contributed by atoms with Crippen LogP contribution >= 0.6 is 0 Å². The van der Waals surface area contributed by atoms with E-state index in [-0.39, 0.29) is 0 Å². The summed E-state index contributed by atoms with van der Waals surface area (Å²) in [4.78, 5) is 4.38. The molecule has 0 atom stereocenters. The van der Waals surface area contributed by atoms with Crippen LogP contribution in [0.2, 0.25) is 0 Å². The maximum atomic E-state index is 5.14. The first-order valence-corrected chi connectivity index (χ1v) is 5.41. The Balaban J connectivity index is 2.32. The van der Waals surface area contributed by atoms with Gasteiger partial charge in [-0.1, -0.05) is 12.1 Å². The fourth-order valence-corrected chi connectivity index (χ4v) is 1.68. The average molecular weight is 216 g/mol. The lowest BCUT2D eigenvalue weighted by atomic mass is 10.1. The van der Waals surface area contributed by atoms with Gasteiger partial charge in [0.25, 0.3) is 0 Å². The van der Waals surface area contributed by atoms with Crippen molar-refractivity contribution in [3.63, 3.8) is 0 Å². The van der Waals surface area contributed by atoms with Crippen molar-refractivity contribution >= 4 is 10.9 Å². The van der Waals surface area contributed by atoms with Crippen molar-refractivity contribution in [1.82, 2.24) is 10.3 Å². The molecule has 2 rings (SSSR count). The van der Waals surface area contributed by atoms with Gasteiger partial charge in [-0.15, -0.1) is 0 Å². The Hall–Kier alpha value is -1.61. The molecular weight excluding hydrogens is 200 g/mol. The van der Waals surface area contributed by atoms with Crippen molar-refractivity contribution in [2.75, 3.05) is 20.7 Å². The molecule has 0 radical (unpaired) electrons. The Morgan fingerprint density at radius 2 is 2.19 bits per heavy atom. The van der Waals surface area contributed by atoms with Crippen molar-refractivity contribution < 1.29 is 4.74 Å². The third-order valence-corrected chi connectivity index (χ3v) is 2.62. The summed E-state index contributed by atoms with van der Waals surface area (Å²) in [6.07, 6.45) is 2.78. The second-order valence-corrected chi connectivity index (χ2v) is 3.76. The maximum Gasteiger partial charge on any atom is 0.137 e. The molecule has 0 aliphatic carbocycles. The molecular formula is C13H16N2O. The number of pyridine rings is 1. The van der Waals surface area contributed by atoms with Gasteiger partial charge in [-0.3, -0.25) is 4.98 Å². The topological polar surface area (TPSA) is 34.1 Å². The highest BCUT2D eigenvalue weighted by Crippen LogP contribution is 2.19. The van der Waals surface area contributed by atoms with E-state index in [1.54, 1.807) is 13.3 Å². The molecule has 2 aromatic rings. The van der Waals surface area contributed by atoms with Crippen LogP contribution < -0.4 is 10.1 Å². The quantitative estimate of drug-likeness (QED) is 0.848. The van der Waals surface area contributed by atoms with E-state index in [4.69, 9.17) is 4.74 Å². The van der Waals surface area contributed by atoms with Crippen LogP contribution in [-0.2, 0) is 6.42 Å². The molecule has 1 N–H and O–H groups in total. The number of rotatable bonds is 4. The van der Waals surface area contributed by atoms with E-state index in [1.807, 2.05) is 13.1 Å². The van der Waals surface area contributed by atoms with Crippen molar-refractivity contribution in [2.45, 2.75) is 6.42 Å². The minimum absolute atomic E-state index is 0.801. The summed E-state index contributed by atoms with van der Waals surface area (Å²) >= 11 is 0. The Bertz CT molecular complexity index is 482. The van der Waals surface area contributed by atoms with Crippen LogP contribution in [0.3, 0.4) is 0 Å². The van der Waals surface area contributed by atoms with Crippen molar-refractivity contribution in [3.8, 4) is 5.75 Å². The summed E-state index contributed by atoms with van der Waals surface area (Å²) < 4.78 is 5.14. The van der Waals surface area contributed by atoms with Gasteiger partial charge in [-0.2, -0.15) is 0 Å². The lowest BCUT2D eigenvalue weighted by Gasteiger charge is -2.04. The van der Waals surface area contributed by atoms with E-state index < -0.39 is 0 Å². The van der Waals surface area contributed by atoms with Crippen LogP contribution in [0.4, 0.5) is 0 Å². The number of benzene rings is 1. The monoisotopic (exact) mass is 216 g/mol. The van der Waals surface area contributed by atoms with E-state index in [9.17, 15) is 0 Å². The fourth-order valence-electron chi connectivity index (χ4n) is 1.68. The molecule has 1 aromatic heterocycles. The molecule has 1 heterocycles. The molecule has 84 valence electrons. The zero-order valence-corrected chi connectivity index (χ0v) is 9.66. The number of nitrogens with zero attached hydrogens (tertiary/aromatic N) is 1.